The highest BCUT2D eigenvalue weighted by molar-refractivity contribution is 6.11. The number of nitrogens with zero attached hydrogens (tertiary/aromatic N) is 2. The zero-order chi connectivity index (χ0) is 22.3. The molecule has 0 saturated carbocycles. The molecular weight excluding hydrogens is 405 g/mol. The minimum Gasteiger partial charge on any atom is -0.507 e. The molecule has 1 aliphatic heterocycles. The molecule has 1 aliphatic rings. The van der Waals surface area contributed by atoms with Crippen LogP contribution in [-0.2, 0) is 0 Å². The summed E-state index contributed by atoms with van der Waals surface area (Å²) in [4.78, 5) is 28.8. The van der Waals surface area contributed by atoms with Crippen molar-refractivity contribution in [2.45, 2.75) is 6.92 Å². The molecule has 162 valence electrons. The van der Waals surface area contributed by atoms with Crippen LogP contribution in [0, 0.1) is 12.7 Å². The summed E-state index contributed by atoms with van der Waals surface area (Å²) >= 11 is 0. The number of primary amides is 1. The van der Waals surface area contributed by atoms with Crippen LogP contribution in [0.5, 0.6) is 11.5 Å². The van der Waals surface area contributed by atoms with Crippen molar-refractivity contribution in [3.63, 3.8) is 0 Å². The number of nitrogens with two attached hydrogens (primary N) is 1. The zero-order valence-corrected chi connectivity index (χ0v) is 17.1. The lowest BCUT2D eigenvalue weighted by atomic mass is 10.1. The van der Waals surface area contributed by atoms with Crippen LogP contribution in [-0.4, -0.2) is 55.1 Å². The third-order valence-corrected chi connectivity index (χ3v) is 5.56. The molecule has 0 atom stereocenters. The van der Waals surface area contributed by atoms with Crippen molar-refractivity contribution < 1.29 is 28.2 Å². The van der Waals surface area contributed by atoms with Crippen molar-refractivity contribution in [3.05, 3.63) is 53.0 Å². The van der Waals surface area contributed by atoms with E-state index in [0.717, 1.165) is 5.69 Å². The van der Waals surface area contributed by atoms with E-state index in [0.29, 0.717) is 37.1 Å². The molecule has 1 aromatic heterocycles. The second kappa shape index (κ2) is 7.82. The number of carbonyl (C=O) groups is 2. The molecule has 4 rings (SSSR count). The van der Waals surface area contributed by atoms with Gasteiger partial charge >= 0.3 is 0 Å². The van der Waals surface area contributed by atoms with Gasteiger partial charge in [-0.05, 0) is 31.2 Å². The van der Waals surface area contributed by atoms with Gasteiger partial charge in [-0.1, -0.05) is 0 Å². The summed E-state index contributed by atoms with van der Waals surface area (Å²) in [6.07, 6.45) is 0. The maximum Gasteiger partial charge on any atom is 0.290 e. The number of hydrogen-bond donors (Lipinski definition) is 2. The van der Waals surface area contributed by atoms with Crippen molar-refractivity contribution in [3.8, 4) is 11.5 Å². The third-order valence-electron chi connectivity index (χ3n) is 5.56. The maximum absolute atomic E-state index is 13.2. The number of aromatic hydroxyl groups is 1. The van der Waals surface area contributed by atoms with Gasteiger partial charge in [-0.2, -0.15) is 0 Å². The van der Waals surface area contributed by atoms with E-state index >= 15 is 0 Å². The highest BCUT2D eigenvalue weighted by Gasteiger charge is 2.30. The second-order valence-electron chi connectivity index (χ2n) is 7.35. The molecule has 2 amide bonds. The number of phenols is 1. The quantitative estimate of drug-likeness (QED) is 0.663. The monoisotopic (exact) mass is 427 g/mol. The summed E-state index contributed by atoms with van der Waals surface area (Å²) in [5.41, 5.74) is 6.62. The Bertz CT molecular complexity index is 1160. The van der Waals surface area contributed by atoms with Crippen molar-refractivity contribution in [2.75, 3.05) is 38.2 Å². The lowest BCUT2D eigenvalue weighted by molar-refractivity contribution is 0.0715. The number of piperazine rings is 1. The number of methoxy groups -OCH3 is 1. The molecule has 0 radical (unpaired) electrons. The smallest absolute Gasteiger partial charge is 0.290 e. The number of rotatable bonds is 4. The number of ether oxygens (including phenoxy) is 1. The molecular formula is C22H22FN3O5. The Morgan fingerprint density at radius 3 is 2.39 bits per heavy atom. The predicted octanol–water partition coefficient (Wildman–Crippen LogP) is 2.66. The fourth-order valence-electron chi connectivity index (χ4n) is 3.94. The van der Waals surface area contributed by atoms with E-state index in [-0.39, 0.29) is 40.1 Å². The zero-order valence-electron chi connectivity index (χ0n) is 17.1. The molecule has 1 fully saturated rings. The molecule has 9 heteroatoms. The fourth-order valence-corrected chi connectivity index (χ4v) is 3.94. The number of furan rings is 1. The van der Waals surface area contributed by atoms with Crippen LogP contribution in [0.1, 0.15) is 26.5 Å². The molecule has 31 heavy (non-hydrogen) atoms. The van der Waals surface area contributed by atoms with Crippen molar-refractivity contribution in [1.29, 1.82) is 0 Å². The molecule has 2 aromatic carbocycles. The minimum absolute atomic E-state index is 0.0233. The number of amides is 2. The van der Waals surface area contributed by atoms with E-state index in [4.69, 9.17) is 14.9 Å². The summed E-state index contributed by atoms with van der Waals surface area (Å²) in [6.45, 7) is 3.73. The molecule has 1 saturated heterocycles. The Labute approximate surface area is 177 Å². The maximum atomic E-state index is 13.2. The summed E-state index contributed by atoms with van der Waals surface area (Å²) < 4.78 is 24.2. The summed E-state index contributed by atoms with van der Waals surface area (Å²) in [5, 5.41) is 10.6. The van der Waals surface area contributed by atoms with Gasteiger partial charge in [0.05, 0.1) is 12.5 Å². The Hall–Kier alpha value is -3.75. The van der Waals surface area contributed by atoms with Gasteiger partial charge in [-0.15, -0.1) is 0 Å². The first-order valence-corrected chi connectivity index (χ1v) is 9.74. The Morgan fingerprint density at radius 1 is 1.16 bits per heavy atom. The lowest BCUT2D eigenvalue weighted by Gasteiger charge is -2.35. The van der Waals surface area contributed by atoms with Crippen LogP contribution >= 0.6 is 0 Å². The van der Waals surface area contributed by atoms with Crippen LogP contribution in [0.15, 0.2) is 34.7 Å². The van der Waals surface area contributed by atoms with E-state index in [2.05, 4.69) is 4.90 Å². The Balaban J connectivity index is 1.63. The largest absolute Gasteiger partial charge is 0.507 e. The van der Waals surface area contributed by atoms with Gasteiger partial charge in [0.1, 0.15) is 22.9 Å². The van der Waals surface area contributed by atoms with Crippen molar-refractivity contribution in [2.24, 2.45) is 5.73 Å². The molecule has 2 heterocycles. The first-order valence-electron chi connectivity index (χ1n) is 9.74. The average molecular weight is 427 g/mol. The third kappa shape index (κ3) is 3.52. The highest BCUT2D eigenvalue weighted by atomic mass is 19.1. The molecule has 0 spiro atoms. The number of anilines is 1. The topological polar surface area (TPSA) is 109 Å². The number of fused-ring (bicyclic) bond motifs is 1. The molecule has 3 aromatic rings. The van der Waals surface area contributed by atoms with Gasteiger partial charge in [0.2, 0.25) is 0 Å². The summed E-state index contributed by atoms with van der Waals surface area (Å²) in [5.74, 6) is -1.53. The van der Waals surface area contributed by atoms with Crippen LogP contribution < -0.4 is 15.4 Å². The standard InChI is InChI=1S/C22H22FN3O5/c1-12-17-16(30-2)11-15(27)18(21(24)28)20(17)31-19(12)22(29)26-9-7-25(8-10-26)14-5-3-13(23)4-6-14/h3-6,11,27H,7-10H2,1-2H3,(H2,24,28). The van der Waals surface area contributed by atoms with E-state index < -0.39 is 5.91 Å². The molecule has 3 N–H and O–H groups in total. The Morgan fingerprint density at radius 2 is 1.81 bits per heavy atom. The van der Waals surface area contributed by atoms with Gasteiger partial charge in [-0.3, -0.25) is 9.59 Å². The Kier molecular flexibility index (Phi) is 5.18. The van der Waals surface area contributed by atoms with E-state index in [9.17, 15) is 19.1 Å². The normalized spacial score (nSPS) is 14.2. The minimum atomic E-state index is -0.870. The molecule has 8 nitrogen and oxygen atoms in total. The summed E-state index contributed by atoms with van der Waals surface area (Å²) in [6, 6.07) is 7.51. The molecule has 0 aliphatic carbocycles. The number of benzene rings is 2. The average Bonchev–Trinajstić information content (AvgIpc) is 3.09. The second-order valence-corrected chi connectivity index (χ2v) is 7.35. The number of carbonyl (C=O) groups excluding carboxylic acids is 2. The fraction of sp³-hybridized carbons (Fsp3) is 0.273. The molecule has 0 bridgehead atoms. The van der Waals surface area contributed by atoms with Crippen molar-refractivity contribution >= 4 is 28.5 Å². The van der Waals surface area contributed by atoms with Crippen LogP contribution in [0.25, 0.3) is 11.0 Å². The number of halogens is 1. The van der Waals surface area contributed by atoms with Gasteiger partial charge in [-0.25, -0.2) is 4.39 Å². The van der Waals surface area contributed by atoms with Crippen LogP contribution in [0.2, 0.25) is 0 Å². The van der Waals surface area contributed by atoms with Gasteiger partial charge in [0.15, 0.2) is 11.3 Å². The van der Waals surface area contributed by atoms with E-state index in [1.807, 2.05) is 0 Å². The first-order chi connectivity index (χ1) is 14.8. The van der Waals surface area contributed by atoms with Crippen LogP contribution in [0.3, 0.4) is 0 Å². The van der Waals surface area contributed by atoms with Gasteiger partial charge in [0.25, 0.3) is 11.8 Å². The highest BCUT2D eigenvalue weighted by Crippen LogP contribution is 2.40. The number of aryl methyl sites for hydroxylation is 1. The lowest BCUT2D eigenvalue weighted by Crippen LogP contribution is -2.48. The molecule has 0 unspecified atom stereocenters. The summed E-state index contributed by atoms with van der Waals surface area (Å²) in [7, 11) is 1.42. The van der Waals surface area contributed by atoms with E-state index in [1.165, 1.54) is 25.3 Å². The van der Waals surface area contributed by atoms with E-state index in [1.54, 1.807) is 24.0 Å². The van der Waals surface area contributed by atoms with Gasteiger partial charge in [0, 0.05) is 43.5 Å². The number of hydrogen-bond acceptors (Lipinski definition) is 6. The van der Waals surface area contributed by atoms with Crippen LogP contribution in [0.4, 0.5) is 10.1 Å². The van der Waals surface area contributed by atoms with Crippen molar-refractivity contribution in [1.82, 2.24) is 4.90 Å². The SMILES string of the molecule is COc1cc(O)c(C(N)=O)c2oc(C(=O)N3CCN(c4ccc(F)cc4)CC3)c(C)c12. The first kappa shape index (κ1) is 20.5. The predicted molar refractivity (Wildman–Crippen MR) is 112 cm³/mol. The van der Waals surface area contributed by atoms with Gasteiger partial charge < -0.3 is 29.8 Å².